The zero-order valence-electron chi connectivity index (χ0n) is 22.2. The zero-order chi connectivity index (χ0) is 25.5. The first-order valence-corrected chi connectivity index (χ1v) is 13.2. The maximum absolute atomic E-state index is 12.4. The Balaban J connectivity index is 1.97. The van der Waals surface area contributed by atoms with Gasteiger partial charge in [0.25, 0.3) is 0 Å². The number of aliphatic carboxylic acids is 2. The van der Waals surface area contributed by atoms with Crippen LogP contribution in [-0.4, -0.2) is 22.2 Å². The van der Waals surface area contributed by atoms with E-state index in [2.05, 4.69) is 60.3 Å². The van der Waals surface area contributed by atoms with Crippen LogP contribution in [0.2, 0.25) is 0 Å². The van der Waals surface area contributed by atoms with Crippen molar-refractivity contribution in [1.82, 2.24) is 0 Å². The van der Waals surface area contributed by atoms with E-state index in [0.29, 0.717) is 24.7 Å². The predicted molar refractivity (Wildman–Crippen MR) is 137 cm³/mol. The van der Waals surface area contributed by atoms with Crippen molar-refractivity contribution < 1.29 is 19.8 Å². The van der Waals surface area contributed by atoms with E-state index in [4.69, 9.17) is 0 Å². The van der Waals surface area contributed by atoms with Crippen molar-refractivity contribution in [2.75, 3.05) is 0 Å². The summed E-state index contributed by atoms with van der Waals surface area (Å²) in [4.78, 5) is 24.0. The summed E-state index contributed by atoms with van der Waals surface area (Å²) in [5.74, 6) is -0.886. The number of carboxylic acids is 2. The fraction of sp³-hybridized carbons (Fsp3) is 0.733. The smallest absolute Gasteiger partial charge is 0.306 e. The number of fused-ring (bicyclic) bond motifs is 3. The van der Waals surface area contributed by atoms with Gasteiger partial charge in [-0.3, -0.25) is 9.59 Å². The number of hydrogen-bond acceptors (Lipinski definition) is 2. The van der Waals surface area contributed by atoms with E-state index in [1.807, 2.05) is 0 Å². The molecule has 2 saturated carbocycles. The molecule has 3 aliphatic carbocycles. The highest BCUT2D eigenvalue weighted by molar-refractivity contribution is 5.70. The number of rotatable bonds is 9. The van der Waals surface area contributed by atoms with E-state index in [9.17, 15) is 19.8 Å². The van der Waals surface area contributed by atoms with Crippen molar-refractivity contribution >= 4 is 11.9 Å². The Morgan fingerprint density at radius 1 is 1.15 bits per heavy atom. The lowest BCUT2D eigenvalue weighted by Crippen LogP contribution is -2.52. The lowest BCUT2D eigenvalue weighted by atomic mass is 9.44. The van der Waals surface area contributed by atoms with Crippen LogP contribution in [-0.2, 0) is 9.59 Å². The molecule has 0 saturated heterocycles. The largest absolute Gasteiger partial charge is 0.481 e. The normalized spacial score (nSPS) is 37.7. The Bertz CT molecular complexity index is 893. The van der Waals surface area contributed by atoms with Crippen molar-refractivity contribution in [2.45, 2.75) is 99.3 Å². The molecule has 4 heteroatoms. The molecule has 0 radical (unpaired) electrons. The standard InChI is InChI=1S/C30H46O4/c1-19(2)9-8-10-21(27(33)34)23-13-17-30(7)25-12-11-22(20(3)4)28(5,16-15-26(31)32)24(25)14-18-29(23,30)6/h9,12,21-24H,3,8,10-11,13-18H2,1-2,4-7H3,(H,31,32)(H,33,34)/t21-,22+,23-,24+,28+,29-,30+/m0/s1. The second kappa shape index (κ2) is 9.66. The Morgan fingerprint density at radius 3 is 2.38 bits per heavy atom. The molecule has 34 heavy (non-hydrogen) atoms. The molecule has 0 aliphatic heterocycles. The van der Waals surface area contributed by atoms with E-state index in [1.165, 1.54) is 11.1 Å². The number of allylic oxidation sites excluding steroid dienone is 5. The minimum absolute atomic E-state index is 0.0324. The fourth-order valence-corrected chi connectivity index (χ4v) is 8.37. The molecule has 3 aliphatic rings. The molecule has 190 valence electrons. The Hall–Kier alpha value is -1.84. The highest BCUT2D eigenvalue weighted by Gasteiger charge is 2.64. The van der Waals surface area contributed by atoms with Crippen LogP contribution in [0.4, 0.5) is 0 Å². The summed E-state index contributed by atoms with van der Waals surface area (Å²) in [6.07, 6.45) is 11.9. The second-order valence-electron chi connectivity index (χ2n) is 12.5. The molecule has 0 aromatic heterocycles. The summed E-state index contributed by atoms with van der Waals surface area (Å²) in [5.41, 5.74) is 3.68. The van der Waals surface area contributed by atoms with Crippen molar-refractivity contribution in [3.05, 3.63) is 35.5 Å². The third kappa shape index (κ3) is 4.42. The number of carboxylic acid groups (broad SMARTS) is 2. The maximum atomic E-state index is 12.4. The van der Waals surface area contributed by atoms with Crippen LogP contribution in [0.15, 0.2) is 35.5 Å². The first-order valence-electron chi connectivity index (χ1n) is 13.2. The van der Waals surface area contributed by atoms with Crippen molar-refractivity contribution in [1.29, 1.82) is 0 Å². The van der Waals surface area contributed by atoms with Gasteiger partial charge in [0.1, 0.15) is 0 Å². The fourth-order valence-electron chi connectivity index (χ4n) is 8.37. The molecule has 0 heterocycles. The van der Waals surface area contributed by atoms with Crippen LogP contribution >= 0.6 is 0 Å². The molecule has 7 atom stereocenters. The molecule has 2 fully saturated rings. The topological polar surface area (TPSA) is 74.6 Å². The average Bonchev–Trinajstić information content (AvgIpc) is 3.01. The van der Waals surface area contributed by atoms with Gasteiger partial charge in [-0.1, -0.05) is 56.2 Å². The van der Waals surface area contributed by atoms with Gasteiger partial charge < -0.3 is 10.2 Å². The summed E-state index contributed by atoms with van der Waals surface area (Å²) in [7, 11) is 0. The van der Waals surface area contributed by atoms with E-state index < -0.39 is 11.9 Å². The van der Waals surface area contributed by atoms with Crippen LogP contribution in [0.25, 0.3) is 0 Å². The molecular formula is C30H46O4. The zero-order valence-corrected chi connectivity index (χ0v) is 22.2. The van der Waals surface area contributed by atoms with Crippen molar-refractivity contribution in [2.24, 2.45) is 39.9 Å². The molecule has 0 amide bonds. The third-order valence-electron chi connectivity index (χ3n) is 10.5. The van der Waals surface area contributed by atoms with Crippen LogP contribution < -0.4 is 0 Å². The molecule has 0 bridgehead atoms. The van der Waals surface area contributed by atoms with Gasteiger partial charge in [-0.25, -0.2) is 0 Å². The molecular weight excluding hydrogens is 424 g/mol. The van der Waals surface area contributed by atoms with E-state index in [0.717, 1.165) is 44.1 Å². The predicted octanol–water partition coefficient (Wildman–Crippen LogP) is 7.66. The SMILES string of the molecule is C=C(C)[C@H]1CC=C2[C@@H](CC[C@@]3(C)[C@H]([C@H](CCC=C(C)C)C(=O)O)CC[C@]23C)[C@]1(C)CCC(=O)O. The van der Waals surface area contributed by atoms with Gasteiger partial charge >= 0.3 is 11.9 Å². The highest BCUT2D eigenvalue weighted by atomic mass is 16.4. The minimum atomic E-state index is -0.730. The molecule has 4 nitrogen and oxygen atoms in total. The van der Waals surface area contributed by atoms with E-state index in [1.54, 1.807) is 0 Å². The summed E-state index contributed by atoms with van der Waals surface area (Å²) in [6, 6.07) is 0. The van der Waals surface area contributed by atoms with Crippen LogP contribution in [0.5, 0.6) is 0 Å². The quantitative estimate of drug-likeness (QED) is 0.339. The lowest BCUT2D eigenvalue weighted by Gasteiger charge is -2.60. The van der Waals surface area contributed by atoms with Gasteiger partial charge in [-0.2, -0.15) is 0 Å². The van der Waals surface area contributed by atoms with Gasteiger partial charge in [-0.05, 0) is 106 Å². The molecule has 0 aromatic rings. The van der Waals surface area contributed by atoms with Gasteiger partial charge in [0.15, 0.2) is 0 Å². The summed E-state index contributed by atoms with van der Waals surface area (Å²) >= 11 is 0. The third-order valence-corrected chi connectivity index (χ3v) is 10.5. The molecule has 0 unspecified atom stereocenters. The van der Waals surface area contributed by atoms with Crippen LogP contribution in [0.3, 0.4) is 0 Å². The van der Waals surface area contributed by atoms with Gasteiger partial charge in [0.05, 0.1) is 5.92 Å². The Kier molecular flexibility index (Phi) is 7.60. The van der Waals surface area contributed by atoms with Gasteiger partial charge in [0.2, 0.25) is 0 Å². The van der Waals surface area contributed by atoms with Crippen LogP contribution in [0.1, 0.15) is 99.3 Å². The van der Waals surface area contributed by atoms with E-state index >= 15 is 0 Å². The monoisotopic (exact) mass is 470 g/mol. The van der Waals surface area contributed by atoms with E-state index in [-0.39, 0.29) is 34.5 Å². The van der Waals surface area contributed by atoms with Crippen molar-refractivity contribution in [3.8, 4) is 0 Å². The number of carbonyl (C=O) groups is 2. The first-order chi connectivity index (χ1) is 15.8. The van der Waals surface area contributed by atoms with Crippen LogP contribution in [0, 0.1) is 39.9 Å². The Morgan fingerprint density at radius 2 is 1.82 bits per heavy atom. The first kappa shape index (κ1) is 26.8. The van der Waals surface area contributed by atoms with Gasteiger partial charge in [0, 0.05) is 6.42 Å². The maximum Gasteiger partial charge on any atom is 0.306 e. The lowest BCUT2D eigenvalue weighted by molar-refractivity contribution is -0.147. The molecule has 2 N–H and O–H groups in total. The van der Waals surface area contributed by atoms with Crippen molar-refractivity contribution in [3.63, 3.8) is 0 Å². The van der Waals surface area contributed by atoms with Gasteiger partial charge in [-0.15, -0.1) is 0 Å². The second-order valence-corrected chi connectivity index (χ2v) is 12.5. The molecule has 0 spiro atoms. The summed E-state index contributed by atoms with van der Waals surface area (Å²) in [6.45, 7) is 17.6. The molecule has 3 rings (SSSR count). The Labute approximate surface area is 206 Å². The molecule has 0 aromatic carbocycles. The number of hydrogen-bond donors (Lipinski definition) is 2. The average molecular weight is 471 g/mol. The summed E-state index contributed by atoms with van der Waals surface area (Å²) in [5, 5.41) is 19.7. The minimum Gasteiger partial charge on any atom is -0.481 e. The highest BCUT2D eigenvalue weighted by Crippen LogP contribution is 2.72. The summed E-state index contributed by atoms with van der Waals surface area (Å²) < 4.78 is 0.